The molecule has 168 valence electrons. The minimum absolute atomic E-state index is 0.275. The molecule has 2 rings (SSSR count). The van der Waals surface area contributed by atoms with E-state index in [-0.39, 0.29) is 11.8 Å². The molecule has 0 fully saturated rings. The van der Waals surface area contributed by atoms with Crippen LogP contribution in [-0.2, 0) is 14.8 Å². The molecule has 0 aromatic heterocycles. The van der Waals surface area contributed by atoms with Gasteiger partial charge in [-0.1, -0.05) is 32.0 Å². The van der Waals surface area contributed by atoms with Crippen molar-refractivity contribution in [3.05, 3.63) is 54.1 Å². The van der Waals surface area contributed by atoms with E-state index in [1.165, 1.54) is 20.1 Å². The minimum atomic E-state index is -3.79. The molecule has 0 aliphatic rings. The van der Waals surface area contributed by atoms with Crippen molar-refractivity contribution in [2.45, 2.75) is 26.8 Å². The van der Waals surface area contributed by atoms with Crippen LogP contribution in [0, 0.1) is 5.92 Å². The minimum Gasteiger partial charge on any atom is -0.497 e. The quantitative estimate of drug-likeness (QED) is 0.615. The highest BCUT2D eigenvalue weighted by molar-refractivity contribution is 7.92. The summed E-state index contributed by atoms with van der Waals surface area (Å²) < 4.78 is 31.2. The molecule has 0 radical (unpaired) electrons. The van der Waals surface area contributed by atoms with Crippen LogP contribution in [0.5, 0.6) is 5.75 Å². The Kier molecular flexibility index (Phi) is 8.04. The molecule has 31 heavy (non-hydrogen) atoms. The van der Waals surface area contributed by atoms with Gasteiger partial charge >= 0.3 is 0 Å². The van der Waals surface area contributed by atoms with Gasteiger partial charge in [-0.05, 0) is 37.1 Å². The van der Waals surface area contributed by atoms with E-state index < -0.39 is 22.0 Å². The van der Waals surface area contributed by atoms with Crippen molar-refractivity contribution in [3.63, 3.8) is 0 Å². The van der Waals surface area contributed by atoms with E-state index in [9.17, 15) is 18.0 Å². The van der Waals surface area contributed by atoms with E-state index >= 15 is 0 Å². The average molecular weight is 448 g/mol. The lowest BCUT2D eigenvalue weighted by Gasteiger charge is -2.28. The van der Waals surface area contributed by atoms with Gasteiger partial charge in [-0.15, -0.1) is 0 Å². The highest BCUT2D eigenvalue weighted by Gasteiger charge is 2.30. The van der Waals surface area contributed by atoms with E-state index in [1.807, 2.05) is 13.8 Å². The second-order valence-electron chi connectivity index (χ2n) is 7.57. The molecular formula is C22H29N3O5S. The van der Waals surface area contributed by atoms with Crippen LogP contribution in [0.4, 0.5) is 11.4 Å². The number of anilines is 2. The number of hydrogen-bond acceptors (Lipinski definition) is 5. The number of amides is 2. The third-order valence-corrected chi connectivity index (χ3v) is 5.74. The van der Waals surface area contributed by atoms with Gasteiger partial charge in [0.25, 0.3) is 5.91 Å². The number of nitrogens with zero attached hydrogens (tertiary/aromatic N) is 1. The van der Waals surface area contributed by atoms with E-state index in [4.69, 9.17) is 4.74 Å². The number of carbonyl (C=O) groups is 2. The summed E-state index contributed by atoms with van der Waals surface area (Å²) in [6.45, 7) is 5.94. The first-order valence-corrected chi connectivity index (χ1v) is 11.7. The number of nitrogens with one attached hydrogen (secondary N) is 2. The fourth-order valence-corrected chi connectivity index (χ4v) is 4.14. The largest absolute Gasteiger partial charge is 0.497 e. The summed E-state index contributed by atoms with van der Waals surface area (Å²) in [6, 6.07) is 12.0. The van der Waals surface area contributed by atoms with Crippen LogP contribution in [0.2, 0.25) is 0 Å². The first kappa shape index (κ1) is 24.2. The topological polar surface area (TPSA) is 105 Å². The second-order valence-corrected chi connectivity index (χ2v) is 9.43. The van der Waals surface area contributed by atoms with Crippen LogP contribution in [0.15, 0.2) is 48.5 Å². The lowest BCUT2D eigenvalue weighted by atomic mass is 10.1. The highest BCUT2D eigenvalue weighted by Crippen LogP contribution is 2.26. The van der Waals surface area contributed by atoms with Crippen LogP contribution < -0.4 is 19.7 Å². The maximum Gasteiger partial charge on any atom is 0.253 e. The Bertz CT molecular complexity index is 1040. The van der Waals surface area contributed by atoms with Gasteiger partial charge in [-0.2, -0.15) is 0 Å². The molecule has 2 amide bonds. The summed E-state index contributed by atoms with van der Waals surface area (Å²) in [5.74, 6) is -0.148. The van der Waals surface area contributed by atoms with Crippen molar-refractivity contribution in [1.82, 2.24) is 5.32 Å². The molecule has 2 aromatic rings. The van der Waals surface area contributed by atoms with Crippen LogP contribution in [0.25, 0.3) is 0 Å². The molecule has 0 heterocycles. The van der Waals surface area contributed by atoms with E-state index in [1.54, 1.807) is 42.5 Å². The number of ether oxygens (including phenoxy) is 1. The van der Waals surface area contributed by atoms with Crippen LogP contribution in [-0.4, -0.2) is 46.2 Å². The Labute approximate surface area is 183 Å². The summed E-state index contributed by atoms with van der Waals surface area (Å²) in [7, 11) is -2.31. The molecule has 2 N–H and O–H groups in total. The number of benzene rings is 2. The van der Waals surface area contributed by atoms with Crippen molar-refractivity contribution in [3.8, 4) is 5.75 Å². The number of sulfonamides is 1. The Morgan fingerprint density at radius 2 is 1.74 bits per heavy atom. The van der Waals surface area contributed by atoms with Crippen LogP contribution >= 0.6 is 0 Å². The molecule has 1 unspecified atom stereocenters. The third-order valence-electron chi connectivity index (χ3n) is 4.50. The van der Waals surface area contributed by atoms with Gasteiger partial charge in [0.1, 0.15) is 11.8 Å². The van der Waals surface area contributed by atoms with Gasteiger partial charge in [-0.3, -0.25) is 13.9 Å². The highest BCUT2D eigenvalue weighted by atomic mass is 32.2. The van der Waals surface area contributed by atoms with Crippen LogP contribution in [0.1, 0.15) is 31.1 Å². The number of para-hydroxylation sites is 1. The third kappa shape index (κ3) is 6.45. The van der Waals surface area contributed by atoms with Gasteiger partial charge < -0.3 is 15.4 Å². The molecule has 0 bridgehead atoms. The average Bonchev–Trinajstić information content (AvgIpc) is 2.71. The summed E-state index contributed by atoms with van der Waals surface area (Å²) in [6.07, 6.45) is 1.03. The maximum absolute atomic E-state index is 13.0. The molecule has 0 aliphatic carbocycles. The number of rotatable bonds is 9. The van der Waals surface area contributed by atoms with E-state index in [0.717, 1.165) is 10.6 Å². The van der Waals surface area contributed by atoms with Crippen molar-refractivity contribution < 1.29 is 22.7 Å². The Morgan fingerprint density at radius 1 is 1.06 bits per heavy atom. The zero-order valence-corrected chi connectivity index (χ0v) is 19.2. The molecule has 0 aliphatic heterocycles. The summed E-state index contributed by atoms with van der Waals surface area (Å²) in [5, 5.41) is 5.51. The van der Waals surface area contributed by atoms with Gasteiger partial charge in [0.15, 0.2) is 0 Å². The standard InChI is InChI=1S/C22H29N3O5S/c1-15(2)14-23-22(27)19-11-6-7-12-20(19)24-21(26)16(3)25(31(5,28)29)17-9-8-10-18(13-17)30-4/h6-13,15-16H,14H2,1-5H3,(H,23,27)(H,24,26). The fourth-order valence-electron chi connectivity index (χ4n) is 2.98. The number of methoxy groups -OCH3 is 1. The number of carbonyl (C=O) groups excluding carboxylic acids is 2. The van der Waals surface area contributed by atoms with Crippen molar-refractivity contribution in [2.24, 2.45) is 5.92 Å². The normalized spacial score (nSPS) is 12.2. The predicted molar refractivity (Wildman–Crippen MR) is 122 cm³/mol. The zero-order chi connectivity index (χ0) is 23.2. The van der Waals surface area contributed by atoms with Gasteiger partial charge in [0, 0.05) is 12.6 Å². The van der Waals surface area contributed by atoms with E-state index in [0.29, 0.717) is 29.2 Å². The molecule has 9 heteroatoms. The van der Waals surface area contributed by atoms with Crippen molar-refractivity contribution in [1.29, 1.82) is 0 Å². The van der Waals surface area contributed by atoms with Crippen molar-refractivity contribution in [2.75, 3.05) is 29.5 Å². The smallest absolute Gasteiger partial charge is 0.253 e. The summed E-state index contributed by atoms with van der Waals surface area (Å²) in [4.78, 5) is 25.5. The molecule has 0 saturated heterocycles. The van der Waals surface area contributed by atoms with Gasteiger partial charge in [0.2, 0.25) is 15.9 Å². The van der Waals surface area contributed by atoms with E-state index in [2.05, 4.69) is 10.6 Å². The zero-order valence-electron chi connectivity index (χ0n) is 18.4. The Hall–Kier alpha value is -3.07. The fraction of sp³-hybridized carbons (Fsp3) is 0.364. The second kappa shape index (κ2) is 10.3. The summed E-state index contributed by atoms with van der Waals surface area (Å²) in [5.41, 5.74) is 0.906. The molecule has 1 atom stereocenters. The monoisotopic (exact) mass is 447 g/mol. The summed E-state index contributed by atoms with van der Waals surface area (Å²) >= 11 is 0. The van der Waals surface area contributed by atoms with Crippen molar-refractivity contribution >= 4 is 33.2 Å². The Balaban J connectivity index is 2.30. The first-order valence-electron chi connectivity index (χ1n) is 9.86. The van der Waals surface area contributed by atoms with Crippen LogP contribution in [0.3, 0.4) is 0 Å². The molecular weight excluding hydrogens is 418 g/mol. The molecule has 2 aromatic carbocycles. The lowest BCUT2D eigenvalue weighted by molar-refractivity contribution is -0.116. The molecule has 0 spiro atoms. The van der Waals surface area contributed by atoms with Gasteiger partial charge in [0.05, 0.1) is 30.3 Å². The lowest BCUT2D eigenvalue weighted by Crippen LogP contribution is -2.45. The predicted octanol–water partition coefficient (Wildman–Crippen LogP) is 2.87. The van der Waals surface area contributed by atoms with Gasteiger partial charge in [-0.25, -0.2) is 8.42 Å². The maximum atomic E-state index is 13.0. The molecule has 0 saturated carbocycles. The SMILES string of the molecule is COc1cccc(N(C(C)C(=O)Nc2ccccc2C(=O)NCC(C)C)S(C)(=O)=O)c1. The number of hydrogen-bond donors (Lipinski definition) is 2. The molecule has 8 nitrogen and oxygen atoms in total. The Morgan fingerprint density at radius 3 is 2.35 bits per heavy atom. The first-order chi connectivity index (χ1) is 14.5.